The van der Waals surface area contributed by atoms with Crippen LogP contribution < -0.4 is 5.32 Å². The lowest BCUT2D eigenvalue weighted by Crippen LogP contribution is -2.66. The summed E-state index contributed by atoms with van der Waals surface area (Å²) in [5.74, 6) is 0.740. The van der Waals surface area contributed by atoms with Gasteiger partial charge in [-0.05, 0) is 47.0 Å². The number of sulfone groups is 1. The highest BCUT2D eigenvalue weighted by Crippen LogP contribution is 2.39. The van der Waals surface area contributed by atoms with Crippen molar-refractivity contribution in [3.63, 3.8) is 0 Å². The number of nitrogens with zero attached hydrogens (tertiary/aromatic N) is 1. The Morgan fingerprint density at radius 3 is 2.09 bits per heavy atom. The minimum absolute atomic E-state index is 0.0648. The van der Waals surface area contributed by atoms with Crippen LogP contribution >= 0.6 is 0 Å². The van der Waals surface area contributed by atoms with Gasteiger partial charge in [-0.3, -0.25) is 4.79 Å². The van der Waals surface area contributed by atoms with E-state index in [-0.39, 0.29) is 34.8 Å². The maximum Gasteiger partial charge on any atom is 0.223 e. The van der Waals surface area contributed by atoms with Crippen LogP contribution in [0.2, 0.25) is 0 Å². The van der Waals surface area contributed by atoms with E-state index in [0.29, 0.717) is 18.6 Å². The molecule has 0 saturated carbocycles. The smallest absolute Gasteiger partial charge is 0.223 e. The lowest BCUT2D eigenvalue weighted by Gasteiger charge is -2.55. The van der Waals surface area contributed by atoms with Gasteiger partial charge in [-0.2, -0.15) is 0 Å². The molecule has 0 aromatic heterocycles. The monoisotopic (exact) mass is 330 g/mol. The molecule has 2 saturated heterocycles. The van der Waals surface area contributed by atoms with Gasteiger partial charge >= 0.3 is 0 Å². The summed E-state index contributed by atoms with van der Waals surface area (Å²) in [6.07, 6.45) is 2.94. The first kappa shape index (κ1) is 17.7. The number of likely N-dealkylation sites (tertiary alicyclic amines) is 1. The Bertz CT molecular complexity index is 522. The SMILES string of the molecule is CCC(=O)N1C(C)(C)CC(NC2CCS(=O)(=O)C2)CC1(C)C. The van der Waals surface area contributed by atoms with Crippen molar-refractivity contribution in [2.24, 2.45) is 0 Å². The number of nitrogens with one attached hydrogen (secondary N) is 1. The van der Waals surface area contributed by atoms with E-state index in [1.54, 1.807) is 0 Å². The minimum Gasteiger partial charge on any atom is -0.332 e. The third-order valence-corrected chi connectivity index (χ3v) is 6.73. The van der Waals surface area contributed by atoms with Crippen molar-refractivity contribution in [1.29, 1.82) is 0 Å². The molecule has 0 bridgehead atoms. The van der Waals surface area contributed by atoms with Crippen LogP contribution in [0.5, 0.6) is 0 Å². The van der Waals surface area contributed by atoms with Crippen LogP contribution in [0, 0.1) is 0 Å². The zero-order valence-corrected chi connectivity index (χ0v) is 15.3. The molecule has 2 fully saturated rings. The molecule has 2 aliphatic heterocycles. The quantitative estimate of drug-likeness (QED) is 0.856. The van der Waals surface area contributed by atoms with E-state index in [4.69, 9.17) is 0 Å². The molecular weight excluding hydrogens is 300 g/mol. The lowest BCUT2D eigenvalue weighted by molar-refractivity contribution is -0.149. The van der Waals surface area contributed by atoms with Crippen LogP contribution in [0.15, 0.2) is 0 Å². The van der Waals surface area contributed by atoms with Crippen LogP contribution in [-0.4, -0.2) is 53.9 Å². The average Bonchev–Trinajstić information content (AvgIpc) is 2.64. The standard InChI is InChI=1S/C16H30N2O3S/c1-6-14(19)18-15(2,3)9-13(10-16(18,4)5)17-12-7-8-22(20,21)11-12/h12-13,17H,6-11H2,1-5H3. The van der Waals surface area contributed by atoms with Crippen LogP contribution in [0.25, 0.3) is 0 Å². The van der Waals surface area contributed by atoms with E-state index in [1.807, 2.05) is 11.8 Å². The van der Waals surface area contributed by atoms with Crippen molar-refractivity contribution in [3.8, 4) is 0 Å². The average molecular weight is 330 g/mol. The number of rotatable bonds is 3. The fraction of sp³-hybridized carbons (Fsp3) is 0.938. The number of carbonyl (C=O) groups is 1. The Morgan fingerprint density at radius 1 is 1.14 bits per heavy atom. The summed E-state index contributed by atoms with van der Waals surface area (Å²) in [6, 6.07) is 0.319. The topological polar surface area (TPSA) is 66.5 Å². The van der Waals surface area contributed by atoms with Gasteiger partial charge in [0.05, 0.1) is 11.5 Å². The second-order valence-electron chi connectivity index (χ2n) is 8.08. The van der Waals surface area contributed by atoms with Gasteiger partial charge in [0.25, 0.3) is 0 Å². The molecule has 1 atom stereocenters. The molecule has 2 rings (SSSR count). The molecule has 1 amide bonds. The van der Waals surface area contributed by atoms with E-state index in [9.17, 15) is 13.2 Å². The van der Waals surface area contributed by atoms with Gasteiger partial charge in [-0.15, -0.1) is 0 Å². The zero-order valence-electron chi connectivity index (χ0n) is 14.5. The van der Waals surface area contributed by atoms with Crippen molar-refractivity contribution >= 4 is 15.7 Å². The fourth-order valence-electron chi connectivity index (χ4n) is 4.49. The molecule has 1 N–H and O–H groups in total. The highest BCUT2D eigenvalue weighted by Gasteiger charge is 2.47. The molecule has 0 spiro atoms. The number of hydrogen-bond donors (Lipinski definition) is 1. The summed E-state index contributed by atoms with van der Waals surface area (Å²) in [6.45, 7) is 10.4. The summed E-state index contributed by atoms with van der Waals surface area (Å²) in [4.78, 5) is 14.4. The van der Waals surface area contributed by atoms with Crippen LogP contribution in [0.3, 0.4) is 0 Å². The molecule has 2 aliphatic rings. The first-order valence-corrected chi connectivity index (χ1v) is 10.1. The minimum atomic E-state index is -2.86. The maximum atomic E-state index is 12.4. The Morgan fingerprint density at radius 2 is 1.68 bits per heavy atom. The summed E-state index contributed by atoms with van der Waals surface area (Å²) < 4.78 is 23.2. The van der Waals surface area contributed by atoms with Gasteiger partial charge in [-0.1, -0.05) is 6.92 Å². The Balaban J connectivity index is 2.11. The number of amides is 1. The molecule has 0 radical (unpaired) electrons. The normalized spacial score (nSPS) is 30.4. The van der Waals surface area contributed by atoms with E-state index in [0.717, 1.165) is 12.8 Å². The van der Waals surface area contributed by atoms with Crippen molar-refractivity contribution in [2.45, 2.75) is 83.5 Å². The lowest BCUT2D eigenvalue weighted by atomic mass is 9.76. The predicted molar refractivity (Wildman–Crippen MR) is 88.5 cm³/mol. The second-order valence-corrected chi connectivity index (χ2v) is 10.3. The van der Waals surface area contributed by atoms with E-state index < -0.39 is 9.84 Å². The van der Waals surface area contributed by atoms with E-state index >= 15 is 0 Å². The number of carbonyl (C=O) groups excluding carboxylic acids is 1. The van der Waals surface area contributed by atoms with Crippen molar-refractivity contribution in [1.82, 2.24) is 10.2 Å². The predicted octanol–water partition coefficient (Wildman–Crippen LogP) is 1.72. The van der Waals surface area contributed by atoms with Gasteiger partial charge in [0.1, 0.15) is 0 Å². The zero-order chi connectivity index (χ0) is 16.8. The number of piperidine rings is 1. The molecule has 0 aromatic carbocycles. The Hall–Kier alpha value is -0.620. The maximum absolute atomic E-state index is 12.4. The summed E-state index contributed by atoms with van der Waals surface area (Å²) in [5.41, 5.74) is -0.437. The highest BCUT2D eigenvalue weighted by atomic mass is 32.2. The van der Waals surface area contributed by atoms with Gasteiger partial charge < -0.3 is 10.2 Å². The summed E-state index contributed by atoms with van der Waals surface area (Å²) in [7, 11) is -2.86. The Labute approximate surface area is 134 Å². The van der Waals surface area contributed by atoms with Gasteiger partial charge in [0, 0.05) is 29.6 Å². The molecule has 0 aromatic rings. The molecular formula is C16H30N2O3S. The molecule has 0 aliphatic carbocycles. The van der Waals surface area contributed by atoms with Crippen molar-refractivity contribution in [2.75, 3.05) is 11.5 Å². The fourth-order valence-corrected chi connectivity index (χ4v) is 6.18. The molecule has 5 nitrogen and oxygen atoms in total. The first-order valence-electron chi connectivity index (χ1n) is 8.26. The van der Waals surface area contributed by atoms with Crippen molar-refractivity contribution < 1.29 is 13.2 Å². The summed E-state index contributed by atoms with van der Waals surface area (Å²) >= 11 is 0. The van der Waals surface area contributed by atoms with E-state index in [1.165, 1.54) is 0 Å². The third-order valence-electron chi connectivity index (χ3n) is 4.96. The van der Waals surface area contributed by atoms with Crippen LogP contribution in [-0.2, 0) is 14.6 Å². The molecule has 2 heterocycles. The molecule has 22 heavy (non-hydrogen) atoms. The molecule has 1 unspecified atom stereocenters. The first-order chi connectivity index (χ1) is 9.97. The number of hydrogen-bond acceptors (Lipinski definition) is 4. The van der Waals surface area contributed by atoms with Crippen LogP contribution in [0.1, 0.15) is 60.3 Å². The van der Waals surface area contributed by atoms with Gasteiger partial charge in [-0.25, -0.2) is 8.42 Å². The molecule has 6 heteroatoms. The summed E-state index contributed by atoms with van der Waals surface area (Å²) in [5, 5.41) is 3.55. The van der Waals surface area contributed by atoms with Gasteiger partial charge in [0.2, 0.25) is 5.91 Å². The third kappa shape index (κ3) is 3.65. The Kier molecular flexibility index (Phi) is 4.66. The molecule has 128 valence electrons. The van der Waals surface area contributed by atoms with Crippen LogP contribution in [0.4, 0.5) is 0 Å². The highest BCUT2D eigenvalue weighted by molar-refractivity contribution is 7.91. The largest absolute Gasteiger partial charge is 0.332 e. The van der Waals surface area contributed by atoms with E-state index in [2.05, 4.69) is 33.0 Å². The second kappa shape index (κ2) is 5.78. The van der Waals surface area contributed by atoms with Gasteiger partial charge in [0.15, 0.2) is 9.84 Å². The van der Waals surface area contributed by atoms with Crippen molar-refractivity contribution in [3.05, 3.63) is 0 Å².